The van der Waals surface area contributed by atoms with Crippen molar-refractivity contribution in [2.24, 2.45) is 5.73 Å². The quantitative estimate of drug-likeness (QED) is 0.657. The van der Waals surface area contributed by atoms with Crippen molar-refractivity contribution in [1.82, 2.24) is 0 Å². The molecule has 0 amide bonds. The average Bonchev–Trinajstić information content (AvgIpc) is 1.94. The third-order valence-corrected chi connectivity index (χ3v) is 1.73. The summed E-state index contributed by atoms with van der Waals surface area (Å²) in [5.41, 5.74) is 7.54. The van der Waals surface area contributed by atoms with E-state index in [0.717, 1.165) is 11.1 Å². The van der Waals surface area contributed by atoms with Gasteiger partial charge in [0.05, 0.1) is 0 Å². The Labute approximate surface area is 66.0 Å². The lowest BCUT2D eigenvalue weighted by molar-refractivity contribution is 0.621. The molecule has 0 aliphatic heterocycles. The number of halogens is 1. The van der Waals surface area contributed by atoms with Crippen LogP contribution in [0, 0.1) is 12.7 Å². The Morgan fingerprint density at radius 2 is 2.09 bits per heavy atom. The summed E-state index contributed by atoms with van der Waals surface area (Å²) < 4.78 is 12.7. The number of rotatable bonds is 1. The highest BCUT2D eigenvalue weighted by atomic mass is 19.1. The van der Waals surface area contributed by atoms with Gasteiger partial charge < -0.3 is 5.73 Å². The Balaban J connectivity index is 3.13. The van der Waals surface area contributed by atoms with E-state index in [4.69, 9.17) is 5.73 Å². The fourth-order valence-corrected chi connectivity index (χ4v) is 1.10. The van der Waals surface area contributed by atoms with Crippen LogP contribution in [0.5, 0.6) is 0 Å². The molecule has 0 heterocycles. The lowest BCUT2D eigenvalue weighted by Gasteiger charge is -2.08. The van der Waals surface area contributed by atoms with Crippen molar-refractivity contribution in [1.29, 1.82) is 0 Å². The van der Waals surface area contributed by atoms with Crippen molar-refractivity contribution in [2.75, 3.05) is 0 Å². The predicted molar refractivity (Wildman–Crippen MR) is 43.7 cm³/mol. The van der Waals surface area contributed by atoms with Crippen molar-refractivity contribution in [3.05, 3.63) is 35.1 Å². The lowest BCUT2D eigenvalue weighted by atomic mass is 10.0. The summed E-state index contributed by atoms with van der Waals surface area (Å²) in [7, 11) is 0. The molecule has 0 aliphatic carbocycles. The number of hydrogen-bond acceptors (Lipinski definition) is 1. The van der Waals surface area contributed by atoms with Gasteiger partial charge in [0.2, 0.25) is 0 Å². The highest BCUT2D eigenvalue weighted by Gasteiger charge is 2.03. The van der Waals surface area contributed by atoms with E-state index in [-0.39, 0.29) is 11.9 Å². The monoisotopic (exact) mass is 153 g/mol. The molecule has 1 unspecified atom stereocenters. The first-order chi connectivity index (χ1) is 5.11. The summed E-state index contributed by atoms with van der Waals surface area (Å²) in [6, 6.07) is 4.58. The fraction of sp³-hybridized carbons (Fsp3) is 0.333. The number of benzene rings is 1. The largest absolute Gasteiger partial charge is 0.324 e. The Kier molecular flexibility index (Phi) is 2.25. The van der Waals surface area contributed by atoms with E-state index in [1.165, 1.54) is 12.1 Å². The molecule has 0 spiro atoms. The van der Waals surface area contributed by atoms with E-state index in [2.05, 4.69) is 0 Å². The smallest absolute Gasteiger partial charge is 0.123 e. The highest BCUT2D eigenvalue weighted by molar-refractivity contribution is 5.28. The zero-order valence-corrected chi connectivity index (χ0v) is 6.76. The molecule has 1 aromatic carbocycles. The molecule has 1 rings (SSSR count). The summed E-state index contributed by atoms with van der Waals surface area (Å²) in [5.74, 6) is -0.220. The molecule has 0 bridgehead atoms. The van der Waals surface area contributed by atoms with Crippen LogP contribution in [0.1, 0.15) is 24.1 Å². The minimum absolute atomic E-state index is 0.0919. The van der Waals surface area contributed by atoms with Gasteiger partial charge in [0.15, 0.2) is 0 Å². The molecule has 0 saturated carbocycles. The van der Waals surface area contributed by atoms with Crippen molar-refractivity contribution < 1.29 is 4.39 Å². The predicted octanol–water partition coefficient (Wildman–Crippen LogP) is 2.15. The molecular weight excluding hydrogens is 141 g/mol. The van der Waals surface area contributed by atoms with E-state index in [1.54, 1.807) is 6.07 Å². The maximum Gasteiger partial charge on any atom is 0.123 e. The van der Waals surface area contributed by atoms with Gasteiger partial charge in [-0.15, -0.1) is 0 Å². The zero-order chi connectivity index (χ0) is 8.43. The van der Waals surface area contributed by atoms with Gasteiger partial charge >= 0.3 is 0 Å². The molecule has 0 saturated heterocycles. The second-order valence-corrected chi connectivity index (χ2v) is 2.79. The lowest BCUT2D eigenvalue weighted by Crippen LogP contribution is -2.07. The Hall–Kier alpha value is -0.890. The normalized spacial score (nSPS) is 13.1. The van der Waals surface area contributed by atoms with Crippen molar-refractivity contribution in [2.45, 2.75) is 19.9 Å². The third kappa shape index (κ3) is 1.77. The van der Waals surface area contributed by atoms with Gasteiger partial charge in [0.1, 0.15) is 5.82 Å². The van der Waals surface area contributed by atoms with Crippen LogP contribution in [0.15, 0.2) is 18.2 Å². The van der Waals surface area contributed by atoms with Crippen molar-refractivity contribution >= 4 is 0 Å². The second kappa shape index (κ2) is 3.01. The molecule has 0 aromatic heterocycles. The van der Waals surface area contributed by atoms with Gasteiger partial charge in [-0.3, -0.25) is 0 Å². The van der Waals surface area contributed by atoms with Gasteiger partial charge in [-0.25, -0.2) is 4.39 Å². The molecule has 60 valence electrons. The first-order valence-corrected chi connectivity index (χ1v) is 3.63. The summed E-state index contributed by atoms with van der Waals surface area (Å²) in [6.07, 6.45) is 0. The third-order valence-electron chi connectivity index (χ3n) is 1.73. The van der Waals surface area contributed by atoms with Crippen LogP contribution in [0.25, 0.3) is 0 Å². The van der Waals surface area contributed by atoms with Crippen LogP contribution in [0.4, 0.5) is 4.39 Å². The zero-order valence-electron chi connectivity index (χ0n) is 6.76. The minimum atomic E-state index is -0.220. The van der Waals surface area contributed by atoms with Crippen molar-refractivity contribution in [3.63, 3.8) is 0 Å². The fourth-order valence-electron chi connectivity index (χ4n) is 1.10. The first kappa shape index (κ1) is 8.21. The molecule has 11 heavy (non-hydrogen) atoms. The van der Waals surface area contributed by atoms with Gasteiger partial charge in [0.25, 0.3) is 0 Å². The van der Waals surface area contributed by atoms with Crippen LogP contribution in [0.2, 0.25) is 0 Å². The molecule has 1 atom stereocenters. The van der Waals surface area contributed by atoms with E-state index in [1.807, 2.05) is 13.8 Å². The highest BCUT2D eigenvalue weighted by Crippen LogP contribution is 2.15. The molecule has 1 aromatic rings. The maximum atomic E-state index is 12.7. The molecule has 2 heteroatoms. The van der Waals surface area contributed by atoms with Crippen LogP contribution in [0.3, 0.4) is 0 Å². The summed E-state index contributed by atoms with van der Waals surface area (Å²) in [6.45, 7) is 3.78. The summed E-state index contributed by atoms with van der Waals surface area (Å²) in [4.78, 5) is 0. The summed E-state index contributed by atoms with van der Waals surface area (Å²) >= 11 is 0. The number of aryl methyl sites for hydroxylation is 1. The topological polar surface area (TPSA) is 26.0 Å². The molecule has 2 N–H and O–H groups in total. The summed E-state index contributed by atoms with van der Waals surface area (Å²) in [5, 5.41) is 0. The van der Waals surface area contributed by atoms with E-state index < -0.39 is 0 Å². The molecule has 0 radical (unpaired) electrons. The van der Waals surface area contributed by atoms with E-state index in [0.29, 0.717) is 0 Å². The van der Waals surface area contributed by atoms with Gasteiger partial charge in [-0.05, 0) is 37.1 Å². The van der Waals surface area contributed by atoms with Gasteiger partial charge in [-0.2, -0.15) is 0 Å². The van der Waals surface area contributed by atoms with Crippen LogP contribution in [-0.2, 0) is 0 Å². The van der Waals surface area contributed by atoms with Crippen LogP contribution >= 0.6 is 0 Å². The average molecular weight is 153 g/mol. The SMILES string of the molecule is Cc1ccc(F)cc1C(C)N. The molecular formula is C9H12FN. The molecule has 0 aliphatic rings. The minimum Gasteiger partial charge on any atom is -0.324 e. The second-order valence-electron chi connectivity index (χ2n) is 2.79. The Bertz CT molecular complexity index is 256. The van der Waals surface area contributed by atoms with E-state index in [9.17, 15) is 4.39 Å². The van der Waals surface area contributed by atoms with Crippen LogP contribution in [-0.4, -0.2) is 0 Å². The number of hydrogen-bond donors (Lipinski definition) is 1. The van der Waals surface area contributed by atoms with Gasteiger partial charge in [-0.1, -0.05) is 6.07 Å². The standard InChI is InChI=1S/C9H12FN/c1-6-3-4-8(10)5-9(6)7(2)11/h3-5,7H,11H2,1-2H3. The maximum absolute atomic E-state index is 12.7. The Morgan fingerprint density at radius 3 is 2.55 bits per heavy atom. The Morgan fingerprint density at radius 1 is 1.45 bits per heavy atom. The van der Waals surface area contributed by atoms with E-state index >= 15 is 0 Å². The number of nitrogens with two attached hydrogens (primary N) is 1. The van der Waals surface area contributed by atoms with Gasteiger partial charge in [0, 0.05) is 6.04 Å². The first-order valence-electron chi connectivity index (χ1n) is 3.63. The molecule has 1 nitrogen and oxygen atoms in total. The van der Waals surface area contributed by atoms with Crippen LogP contribution < -0.4 is 5.73 Å². The van der Waals surface area contributed by atoms with Crippen molar-refractivity contribution in [3.8, 4) is 0 Å². The molecule has 0 fully saturated rings.